The van der Waals surface area contributed by atoms with Crippen molar-refractivity contribution in [3.8, 4) is 0 Å². The second-order valence-electron chi connectivity index (χ2n) is 4.52. The van der Waals surface area contributed by atoms with Crippen molar-refractivity contribution in [2.75, 3.05) is 19.8 Å². The lowest BCUT2D eigenvalue weighted by Crippen LogP contribution is -2.48. The SMILES string of the molecule is CCNC(=O)C(C)NC(C)C1CCOCC1. The Hall–Kier alpha value is -0.610. The average molecular weight is 228 g/mol. The van der Waals surface area contributed by atoms with Gasteiger partial charge in [0.1, 0.15) is 0 Å². The average Bonchev–Trinajstić information content (AvgIpc) is 2.30. The van der Waals surface area contributed by atoms with Gasteiger partial charge in [-0.3, -0.25) is 4.79 Å². The molecule has 1 aliphatic heterocycles. The molecule has 16 heavy (non-hydrogen) atoms. The fourth-order valence-electron chi connectivity index (χ4n) is 2.15. The minimum atomic E-state index is -0.113. The predicted octanol–water partition coefficient (Wildman–Crippen LogP) is 0.916. The molecule has 94 valence electrons. The number of ether oxygens (including phenoxy) is 1. The Kier molecular flexibility index (Phi) is 5.77. The largest absolute Gasteiger partial charge is 0.381 e. The number of amides is 1. The van der Waals surface area contributed by atoms with Crippen molar-refractivity contribution in [1.82, 2.24) is 10.6 Å². The van der Waals surface area contributed by atoms with E-state index >= 15 is 0 Å². The molecule has 1 saturated heterocycles. The third-order valence-corrected chi connectivity index (χ3v) is 3.23. The molecule has 0 aromatic carbocycles. The second kappa shape index (κ2) is 6.86. The summed E-state index contributed by atoms with van der Waals surface area (Å²) in [6, 6.07) is 0.263. The highest BCUT2D eigenvalue weighted by Crippen LogP contribution is 2.18. The number of likely N-dealkylation sites (N-methyl/N-ethyl adjacent to an activating group) is 1. The zero-order valence-electron chi connectivity index (χ0n) is 10.6. The van der Waals surface area contributed by atoms with Gasteiger partial charge in [0.15, 0.2) is 0 Å². The van der Waals surface area contributed by atoms with Gasteiger partial charge >= 0.3 is 0 Å². The summed E-state index contributed by atoms with van der Waals surface area (Å²) in [6.07, 6.45) is 2.19. The summed E-state index contributed by atoms with van der Waals surface area (Å²) in [6.45, 7) is 8.41. The lowest BCUT2D eigenvalue weighted by Gasteiger charge is -2.30. The summed E-state index contributed by atoms with van der Waals surface area (Å²) >= 11 is 0. The number of rotatable bonds is 5. The molecule has 1 fully saturated rings. The van der Waals surface area contributed by atoms with Gasteiger partial charge in [0, 0.05) is 25.8 Å². The normalized spacial score (nSPS) is 21.4. The summed E-state index contributed by atoms with van der Waals surface area (Å²) in [7, 11) is 0. The van der Waals surface area contributed by atoms with Gasteiger partial charge in [-0.05, 0) is 39.5 Å². The van der Waals surface area contributed by atoms with Gasteiger partial charge in [0.25, 0.3) is 0 Å². The maximum atomic E-state index is 11.6. The molecule has 0 aromatic heterocycles. The van der Waals surface area contributed by atoms with E-state index in [1.807, 2.05) is 13.8 Å². The van der Waals surface area contributed by atoms with Crippen LogP contribution >= 0.6 is 0 Å². The Morgan fingerprint density at radius 1 is 1.38 bits per heavy atom. The standard InChI is InChI=1S/C12H24N2O2/c1-4-13-12(15)10(3)14-9(2)11-5-7-16-8-6-11/h9-11,14H,4-8H2,1-3H3,(H,13,15). The molecule has 1 amide bonds. The zero-order valence-corrected chi connectivity index (χ0v) is 10.6. The third kappa shape index (κ3) is 4.10. The van der Waals surface area contributed by atoms with Gasteiger partial charge < -0.3 is 15.4 Å². The molecule has 0 saturated carbocycles. The van der Waals surface area contributed by atoms with Gasteiger partial charge in [0.05, 0.1) is 6.04 Å². The molecule has 2 N–H and O–H groups in total. The van der Waals surface area contributed by atoms with E-state index < -0.39 is 0 Å². The molecule has 0 bridgehead atoms. The van der Waals surface area contributed by atoms with E-state index in [9.17, 15) is 4.79 Å². The van der Waals surface area contributed by atoms with Crippen LogP contribution in [0.4, 0.5) is 0 Å². The number of nitrogens with one attached hydrogen (secondary N) is 2. The molecule has 2 unspecified atom stereocenters. The summed E-state index contributed by atoms with van der Waals surface area (Å²) in [5, 5.41) is 6.19. The first-order valence-corrected chi connectivity index (χ1v) is 6.26. The predicted molar refractivity (Wildman–Crippen MR) is 64.3 cm³/mol. The van der Waals surface area contributed by atoms with Crippen LogP contribution in [0.2, 0.25) is 0 Å². The van der Waals surface area contributed by atoms with E-state index in [4.69, 9.17) is 4.74 Å². The van der Waals surface area contributed by atoms with Gasteiger partial charge in [-0.25, -0.2) is 0 Å². The molecular formula is C12H24N2O2. The first-order valence-electron chi connectivity index (χ1n) is 6.26. The number of carbonyl (C=O) groups is 1. The quantitative estimate of drug-likeness (QED) is 0.735. The molecule has 1 heterocycles. The first-order chi connectivity index (χ1) is 7.65. The monoisotopic (exact) mass is 228 g/mol. The zero-order chi connectivity index (χ0) is 12.0. The number of hydrogen-bond donors (Lipinski definition) is 2. The van der Waals surface area contributed by atoms with Crippen molar-refractivity contribution in [3.05, 3.63) is 0 Å². The highest BCUT2D eigenvalue weighted by Gasteiger charge is 2.23. The van der Waals surface area contributed by atoms with Crippen LogP contribution in [-0.4, -0.2) is 37.7 Å². The fourth-order valence-corrected chi connectivity index (χ4v) is 2.15. The molecular weight excluding hydrogens is 204 g/mol. The molecule has 2 atom stereocenters. The maximum absolute atomic E-state index is 11.6. The van der Waals surface area contributed by atoms with Crippen molar-refractivity contribution in [2.24, 2.45) is 5.92 Å². The maximum Gasteiger partial charge on any atom is 0.236 e. The number of hydrogen-bond acceptors (Lipinski definition) is 3. The fraction of sp³-hybridized carbons (Fsp3) is 0.917. The minimum Gasteiger partial charge on any atom is -0.381 e. The van der Waals surface area contributed by atoms with Crippen molar-refractivity contribution in [3.63, 3.8) is 0 Å². The van der Waals surface area contributed by atoms with Crippen molar-refractivity contribution in [1.29, 1.82) is 0 Å². The van der Waals surface area contributed by atoms with Gasteiger partial charge in [-0.2, -0.15) is 0 Å². The van der Waals surface area contributed by atoms with E-state index in [0.29, 0.717) is 18.5 Å². The second-order valence-corrected chi connectivity index (χ2v) is 4.52. The number of carbonyl (C=O) groups excluding carboxylic acids is 1. The Bertz CT molecular complexity index is 215. The van der Waals surface area contributed by atoms with Crippen molar-refractivity contribution >= 4 is 5.91 Å². The Balaban J connectivity index is 2.31. The minimum absolute atomic E-state index is 0.0846. The Morgan fingerprint density at radius 2 is 2.00 bits per heavy atom. The van der Waals surface area contributed by atoms with Crippen LogP contribution in [0.1, 0.15) is 33.6 Å². The van der Waals surface area contributed by atoms with E-state index in [2.05, 4.69) is 17.6 Å². The third-order valence-electron chi connectivity index (χ3n) is 3.23. The summed E-state index contributed by atoms with van der Waals surface area (Å²) in [4.78, 5) is 11.6. The molecule has 1 rings (SSSR count). The van der Waals surface area contributed by atoms with Crippen LogP contribution in [-0.2, 0) is 9.53 Å². The molecule has 4 nitrogen and oxygen atoms in total. The van der Waals surface area contributed by atoms with E-state index in [1.54, 1.807) is 0 Å². The molecule has 0 aromatic rings. The molecule has 1 aliphatic rings. The highest BCUT2D eigenvalue weighted by molar-refractivity contribution is 5.81. The van der Waals surface area contributed by atoms with Gasteiger partial charge in [-0.15, -0.1) is 0 Å². The molecule has 4 heteroatoms. The molecule has 0 radical (unpaired) electrons. The van der Waals surface area contributed by atoms with Crippen LogP contribution in [0, 0.1) is 5.92 Å². The smallest absolute Gasteiger partial charge is 0.236 e. The van der Waals surface area contributed by atoms with Crippen LogP contribution < -0.4 is 10.6 Å². The van der Waals surface area contributed by atoms with E-state index in [1.165, 1.54) is 0 Å². The van der Waals surface area contributed by atoms with Crippen LogP contribution in [0.5, 0.6) is 0 Å². The van der Waals surface area contributed by atoms with Crippen LogP contribution in [0.25, 0.3) is 0 Å². The topological polar surface area (TPSA) is 50.4 Å². The summed E-state index contributed by atoms with van der Waals surface area (Å²) in [5.74, 6) is 0.715. The van der Waals surface area contributed by atoms with Gasteiger partial charge in [0.2, 0.25) is 5.91 Å². The lowest BCUT2D eigenvalue weighted by molar-refractivity contribution is -0.122. The molecule has 0 spiro atoms. The highest BCUT2D eigenvalue weighted by atomic mass is 16.5. The van der Waals surface area contributed by atoms with Crippen molar-refractivity contribution in [2.45, 2.75) is 45.7 Å². The van der Waals surface area contributed by atoms with Crippen LogP contribution in [0.15, 0.2) is 0 Å². The van der Waals surface area contributed by atoms with Crippen molar-refractivity contribution < 1.29 is 9.53 Å². The van der Waals surface area contributed by atoms with Crippen LogP contribution in [0.3, 0.4) is 0 Å². The van der Waals surface area contributed by atoms with Gasteiger partial charge in [-0.1, -0.05) is 0 Å². The first kappa shape index (κ1) is 13.5. The van der Waals surface area contributed by atoms with E-state index in [0.717, 1.165) is 26.1 Å². The summed E-state index contributed by atoms with van der Waals surface area (Å²) < 4.78 is 5.33. The lowest BCUT2D eigenvalue weighted by atomic mass is 9.92. The Labute approximate surface area is 98.1 Å². The summed E-state index contributed by atoms with van der Waals surface area (Å²) in [5.41, 5.74) is 0. The van der Waals surface area contributed by atoms with E-state index in [-0.39, 0.29) is 11.9 Å². The molecule has 0 aliphatic carbocycles. The Morgan fingerprint density at radius 3 is 2.56 bits per heavy atom.